The standard InChI is InChI=1S/C22H27F3N4O3S/c23-22(24,25)16-3-8-21(26-14-16)27-17-9-12-29(13-10-17)33(31,32)20-6-4-18(5-7-20)28-11-1-2-19(30)15-28/h3-8,14,17,19,30H,1-2,9-13,15H2,(H,26,27)/t19-/m1/s1. The molecule has 0 radical (unpaired) electrons. The average molecular weight is 485 g/mol. The Labute approximate surface area is 191 Å². The van der Waals surface area contributed by atoms with Crippen molar-refractivity contribution in [1.82, 2.24) is 9.29 Å². The van der Waals surface area contributed by atoms with Crippen LogP contribution in [0.4, 0.5) is 24.7 Å². The maximum absolute atomic E-state index is 13.1. The van der Waals surface area contributed by atoms with Crippen molar-refractivity contribution >= 4 is 21.5 Å². The van der Waals surface area contributed by atoms with Gasteiger partial charge in [0, 0.05) is 44.1 Å². The highest BCUT2D eigenvalue weighted by molar-refractivity contribution is 7.89. The Morgan fingerprint density at radius 3 is 2.27 bits per heavy atom. The SMILES string of the molecule is O=S(=O)(c1ccc(N2CCC[C@@H](O)C2)cc1)N1CCC(Nc2ccc(C(F)(F)F)cn2)CC1. The molecule has 2 aliphatic rings. The number of β-amino-alcohol motifs (C(OH)–C–C–N with tert-alkyl or cyclic N) is 1. The van der Waals surface area contributed by atoms with Crippen molar-refractivity contribution in [1.29, 1.82) is 0 Å². The van der Waals surface area contributed by atoms with E-state index < -0.39 is 21.8 Å². The smallest absolute Gasteiger partial charge is 0.391 e. The van der Waals surface area contributed by atoms with Gasteiger partial charge in [-0.15, -0.1) is 0 Å². The molecule has 7 nitrogen and oxygen atoms in total. The van der Waals surface area contributed by atoms with Crippen molar-refractivity contribution in [3.05, 3.63) is 48.2 Å². The van der Waals surface area contributed by atoms with Gasteiger partial charge in [-0.2, -0.15) is 17.5 Å². The highest BCUT2D eigenvalue weighted by atomic mass is 32.2. The fourth-order valence-corrected chi connectivity index (χ4v) is 5.73. The molecule has 0 unspecified atom stereocenters. The average Bonchev–Trinajstić information content (AvgIpc) is 2.79. The predicted octanol–water partition coefficient (Wildman–Crippen LogP) is 3.33. The van der Waals surface area contributed by atoms with Gasteiger partial charge < -0.3 is 15.3 Å². The lowest BCUT2D eigenvalue weighted by atomic mass is 10.1. The van der Waals surface area contributed by atoms with Crippen LogP contribution in [0, 0.1) is 0 Å². The molecule has 0 aliphatic carbocycles. The van der Waals surface area contributed by atoms with Gasteiger partial charge in [0.2, 0.25) is 10.0 Å². The van der Waals surface area contributed by atoms with E-state index in [1.165, 1.54) is 10.4 Å². The van der Waals surface area contributed by atoms with E-state index >= 15 is 0 Å². The number of halogens is 3. The number of rotatable bonds is 5. The number of aromatic nitrogens is 1. The zero-order valence-electron chi connectivity index (χ0n) is 18.0. The van der Waals surface area contributed by atoms with Gasteiger partial charge in [0.05, 0.1) is 16.6 Å². The van der Waals surface area contributed by atoms with Crippen LogP contribution in [0.5, 0.6) is 0 Å². The number of alkyl halides is 3. The van der Waals surface area contributed by atoms with E-state index in [9.17, 15) is 26.7 Å². The van der Waals surface area contributed by atoms with Gasteiger partial charge in [-0.3, -0.25) is 0 Å². The number of nitrogens with zero attached hydrogens (tertiary/aromatic N) is 3. The molecule has 0 saturated carbocycles. The lowest BCUT2D eigenvalue weighted by molar-refractivity contribution is -0.137. The number of hydrogen-bond donors (Lipinski definition) is 2. The fraction of sp³-hybridized carbons (Fsp3) is 0.500. The van der Waals surface area contributed by atoms with Crippen LogP contribution in [0.2, 0.25) is 0 Å². The van der Waals surface area contributed by atoms with Crippen molar-refractivity contribution in [2.75, 3.05) is 36.4 Å². The molecule has 2 aliphatic heterocycles. The fourth-order valence-electron chi connectivity index (χ4n) is 4.26. The largest absolute Gasteiger partial charge is 0.417 e. The Morgan fingerprint density at radius 1 is 1.00 bits per heavy atom. The summed E-state index contributed by atoms with van der Waals surface area (Å²) in [5, 5.41) is 12.9. The number of sulfonamides is 1. The quantitative estimate of drug-likeness (QED) is 0.677. The van der Waals surface area contributed by atoms with E-state index in [0.717, 1.165) is 37.3 Å². The van der Waals surface area contributed by atoms with Crippen molar-refractivity contribution in [3.8, 4) is 0 Å². The van der Waals surface area contributed by atoms with Crippen LogP contribution in [0.15, 0.2) is 47.5 Å². The third kappa shape index (κ3) is 5.59. The van der Waals surface area contributed by atoms with Crippen LogP contribution in [-0.4, -0.2) is 61.1 Å². The summed E-state index contributed by atoms with van der Waals surface area (Å²) in [7, 11) is -3.64. The Kier molecular flexibility index (Phi) is 6.83. The van der Waals surface area contributed by atoms with Crippen LogP contribution in [0.3, 0.4) is 0 Å². The number of benzene rings is 1. The molecule has 2 N–H and O–H groups in total. The summed E-state index contributed by atoms with van der Waals surface area (Å²) in [5.41, 5.74) is 0.0797. The molecular formula is C22H27F3N4O3S. The zero-order chi connectivity index (χ0) is 23.6. The molecule has 180 valence electrons. The Hall–Kier alpha value is -2.37. The van der Waals surface area contributed by atoms with Crippen LogP contribution in [0.1, 0.15) is 31.2 Å². The monoisotopic (exact) mass is 484 g/mol. The molecule has 1 aromatic carbocycles. The lowest BCUT2D eigenvalue weighted by Gasteiger charge is -2.33. The summed E-state index contributed by atoms with van der Waals surface area (Å²) in [6, 6.07) is 8.93. The number of nitrogens with one attached hydrogen (secondary N) is 1. The first-order valence-corrected chi connectivity index (χ1v) is 12.4. The van der Waals surface area contributed by atoms with E-state index in [1.807, 2.05) is 0 Å². The third-order valence-corrected chi connectivity index (χ3v) is 8.05. The summed E-state index contributed by atoms with van der Waals surface area (Å²) >= 11 is 0. The molecule has 3 heterocycles. The van der Waals surface area contributed by atoms with Crippen LogP contribution in [0.25, 0.3) is 0 Å². The molecule has 2 fully saturated rings. The van der Waals surface area contributed by atoms with Gasteiger partial charge in [-0.25, -0.2) is 13.4 Å². The van der Waals surface area contributed by atoms with Crippen LogP contribution in [-0.2, 0) is 16.2 Å². The first-order valence-electron chi connectivity index (χ1n) is 11.0. The van der Waals surface area contributed by atoms with Gasteiger partial charge in [0.25, 0.3) is 0 Å². The second-order valence-corrected chi connectivity index (χ2v) is 10.4. The molecule has 2 saturated heterocycles. The summed E-state index contributed by atoms with van der Waals surface area (Å²) in [5.74, 6) is 0.336. The molecule has 1 atom stereocenters. The number of aliphatic hydroxyl groups is 1. The molecular weight excluding hydrogens is 457 g/mol. The first-order chi connectivity index (χ1) is 15.6. The maximum Gasteiger partial charge on any atom is 0.417 e. The molecule has 4 rings (SSSR count). The zero-order valence-corrected chi connectivity index (χ0v) is 18.8. The number of hydrogen-bond acceptors (Lipinski definition) is 6. The minimum Gasteiger partial charge on any atom is -0.391 e. The normalized spacial score (nSPS) is 21.2. The number of aliphatic hydroxyl groups excluding tert-OH is 1. The molecule has 33 heavy (non-hydrogen) atoms. The first kappa shape index (κ1) is 23.8. The molecule has 0 amide bonds. The summed E-state index contributed by atoms with van der Waals surface area (Å²) < 4.78 is 65.6. The Morgan fingerprint density at radius 2 is 1.70 bits per heavy atom. The molecule has 2 aromatic rings. The minimum absolute atomic E-state index is 0.0754. The van der Waals surface area contributed by atoms with Gasteiger partial charge in [-0.05, 0) is 62.1 Å². The van der Waals surface area contributed by atoms with Gasteiger partial charge in [0.1, 0.15) is 5.82 Å². The van der Waals surface area contributed by atoms with Crippen LogP contribution >= 0.6 is 0 Å². The Balaban J connectivity index is 1.34. The van der Waals surface area contributed by atoms with E-state index in [2.05, 4.69) is 15.2 Å². The summed E-state index contributed by atoms with van der Waals surface area (Å²) in [4.78, 5) is 6.10. The van der Waals surface area contributed by atoms with Crippen LogP contribution < -0.4 is 10.2 Å². The molecule has 11 heteroatoms. The van der Waals surface area contributed by atoms with Crippen molar-refractivity contribution in [2.24, 2.45) is 0 Å². The van der Waals surface area contributed by atoms with Crippen molar-refractivity contribution in [2.45, 2.75) is 48.9 Å². The third-order valence-electron chi connectivity index (χ3n) is 6.13. The maximum atomic E-state index is 13.1. The highest BCUT2D eigenvalue weighted by Gasteiger charge is 2.32. The van der Waals surface area contributed by atoms with Crippen molar-refractivity contribution < 1.29 is 26.7 Å². The van der Waals surface area contributed by atoms with Gasteiger partial charge in [-0.1, -0.05) is 0 Å². The molecule has 0 bridgehead atoms. The number of piperidine rings is 2. The molecule has 1 aromatic heterocycles. The minimum atomic E-state index is -4.43. The number of anilines is 2. The van der Waals surface area contributed by atoms with Gasteiger partial charge >= 0.3 is 6.18 Å². The number of pyridine rings is 1. The Bertz CT molecular complexity index is 1040. The van der Waals surface area contributed by atoms with Crippen molar-refractivity contribution in [3.63, 3.8) is 0 Å². The second kappa shape index (κ2) is 9.47. The highest BCUT2D eigenvalue weighted by Crippen LogP contribution is 2.30. The van der Waals surface area contributed by atoms with E-state index in [4.69, 9.17) is 0 Å². The molecule has 0 spiro atoms. The topological polar surface area (TPSA) is 85.8 Å². The summed E-state index contributed by atoms with van der Waals surface area (Å²) in [6.07, 6.45) is -1.30. The van der Waals surface area contributed by atoms with Gasteiger partial charge in [0.15, 0.2) is 0 Å². The van der Waals surface area contributed by atoms with E-state index in [-0.39, 0.29) is 17.0 Å². The summed E-state index contributed by atoms with van der Waals surface area (Å²) in [6.45, 7) is 1.99. The van der Waals surface area contributed by atoms with E-state index in [1.54, 1.807) is 24.3 Å². The predicted molar refractivity (Wildman–Crippen MR) is 119 cm³/mol. The van der Waals surface area contributed by atoms with E-state index in [0.29, 0.717) is 38.3 Å². The second-order valence-electron chi connectivity index (χ2n) is 8.49. The lowest BCUT2D eigenvalue weighted by Crippen LogP contribution is -2.42.